The normalized spacial score (nSPS) is 23.0. The van der Waals surface area contributed by atoms with Gasteiger partial charge in [-0.1, -0.05) is 41.4 Å². The van der Waals surface area contributed by atoms with Crippen LogP contribution in [-0.2, 0) is 23.4 Å². The lowest BCUT2D eigenvalue weighted by molar-refractivity contribution is -0.149. The number of rotatable bonds is 10. The number of aliphatic hydroxyl groups is 1. The van der Waals surface area contributed by atoms with Crippen LogP contribution < -0.4 is 21.1 Å². The lowest BCUT2D eigenvalue weighted by Gasteiger charge is -2.25. The molecule has 212 valence electrons. The first kappa shape index (κ1) is 29.3. The van der Waals surface area contributed by atoms with Crippen molar-refractivity contribution in [2.45, 2.75) is 55.7 Å². The molecule has 1 aromatic carbocycles. The van der Waals surface area contributed by atoms with Crippen molar-refractivity contribution in [2.75, 3.05) is 18.1 Å². The third-order valence-electron chi connectivity index (χ3n) is 5.53. The summed E-state index contributed by atoms with van der Waals surface area (Å²) in [4.78, 5) is 24.5. The summed E-state index contributed by atoms with van der Waals surface area (Å²) in [5, 5.41) is 13.5. The third kappa shape index (κ3) is 6.38. The first-order valence-electron chi connectivity index (χ1n) is 11.7. The topological polar surface area (TPSA) is 199 Å². The predicted molar refractivity (Wildman–Crippen MR) is 143 cm³/mol. The van der Waals surface area contributed by atoms with E-state index < -0.39 is 55.2 Å². The Balaban J connectivity index is 1.55. The number of nitrogens with two attached hydrogens (primary N) is 2. The van der Waals surface area contributed by atoms with E-state index in [9.17, 15) is 14.5 Å². The van der Waals surface area contributed by atoms with Gasteiger partial charge in [0.2, 0.25) is 5.95 Å². The molecule has 3 heterocycles. The molecule has 1 aliphatic heterocycles. The van der Waals surface area contributed by atoms with Crippen molar-refractivity contribution in [1.29, 1.82) is 0 Å². The zero-order valence-electron chi connectivity index (χ0n) is 21.1. The lowest BCUT2D eigenvalue weighted by Crippen LogP contribution is -2.39. The first-order valence-corrected chi connectivity index (χ1v) is 14.0. The smallest absolute Gasteiger partial charge is 0.459 e. The number of hydrogen-bond acceptors (Lipinski definition) is 12. The number of imidazole rings is 1. The molecular weight excluding hydrogens is 576 g/mol. The number of aromatic nitrogens is 4. The van der Waals surface area contributed by atoms with Crippen molar-refractivity contribution in [3.8, 4) is 5.75 Å². The second kappa shape index (κ2) is 11.4. The van der Waals surface area contributed by atoms with Crippen LogP contribution in [0.15, 0.2) is 36.7 Å². The largest absolute Gasteiger partial charge is 0.462 e. The van der Waals surface area contributed by atoms with Gasteiger partial charge in [0.15, 0.2) is 22.0 Å². The Bertz CT molecular complexity index is 1380. The van der Waals surface area contributed by atoms with Gasteiger partial charge < -0.3 is 30.6 Å². The van der Waals surface area contributed by atoms with Crippen molar-refractivity contribution < 1.29 is 33.0 Å². The van der Waals surface area contributed by atoms with Gasteiger partial charge in [-0.3, -0.25) is 13.9 Å². The number of nitrogen functional groups attached to an aromatic ring is 2. The number of nitrogens with zero attached hydrogens (tertiary/aromatic N) is 4. The third-order valence-corrected chi connectivity index (χ3v) is 8.00. The van der Waals surface area contributed by atoms with E-state index in [1.807, 2.05) is 0 Å². The second-order valence-corrected chi connectivity index (χ2v) is 12.1. The van der Waals surface area contributed by atoms with Crippen LogP contribution in [0.1, 0.15) is 27.0 Å². The Morgan fingerprint density at radius 2 is 1.95 bits per heavy atom. The summed E-state index contributed by atoms with van der Waals surface area (Å²) in [7, 11) is -4.25. The molecule has 0 spiro atoms. The molecule has 1 aliphatic rings. The maximum atomic E-state index is 13.7. The number of nitrogens with one attached hydrogen (secondary N) is 1. The van der Waals surface area contributed by atoms with Gasteiger partial charge in [0.25, 0.3) is 0 Å². The van der Waals surface area contributed by atoms with Gasteiger partial charge in [0.1, 0.15) is 29.5 Å². The first-order chi connectivity index (χ1) is 18.3. The zero-order chi connectivity index (χ0) is 28.5. The minimum absolute atomic E-state index is 0.0274. The molecule has 4 rings (SSSR count). The zero-order valence-corrected chi connectivity index (χ0v) is 23.5. The van der Waals surface area contributed by atoms with Gasteiger partial charge in [0, 0.05) is 0 Å². The Morgan fingerprint density at radius 3 is 2.62 bits per heavy atom. The second-order valence-electron chi connectivity index (χ2n) is 8.97. The highest BCUT2D eigenvalue weighted by molar-refractivity contribution is 7.52. The van der Waals surface area contributed by atoms with Crippen molar-refractivity contribution in [3.05, 3.63) is 36.7 Å². The number of anilines is 2. The number of fused-ring (bicyclic) bond motifs is 1. The highest BCUT2D eigenvalue weighted by Crippen LogP contribution is 2.50. The molecule has 39 heavy (non-hydrogen) atoms. The van der Waals surface area contributed by atoms with Crippen molar-refractivity contribution in [1.82, 2.24) is 24.6 Å². The van der Waals surface area contributed by atoms with Crippen molar-refractivity contribution in [2.24, 2.45) is 0 Å². The number of para-hydroxylation sites is 1. The molecule has 0 radical (unpaired) electrons. The molecule has 2 aromatic heterocycles. The molecule has 3 aromatic rings. The van der Waals surface area contributed by atoms with Crippen molar-refractivity contribution in [3.63, 3.8) is 0 Å². The number of alkyl halides is 2. The van der Waals surface area contributed by atoms with Crippen LogP contribution in [-0.4, -0.2) is 65.9 Å². The van der Waals surface area contributed by atoms with Gasteiger partial charge in [-0.25, -0.2) is 9.55 Å². The molecule has 1 fully saturated rings. The molecule has 14 nitrogen and oxygen atoms in total. The van der Waals surface area contributed by atoms with Crippen LogP contribution in [0, 0.1) is 0 Å². The number of benzene rings is 1. The number of hydrogen-bond donors (Lipinski definition) is 4. The molecule has 17 heteroatoms. The van der Waals surface area contributed by atoms with E-state index in [4.69, 9.17) is 53.2 Å². The fraction of sp³-hybridized carbons (Fsp3) is 0.455. The Labute approximate surface area is 233 Å². The SMILES string of the molecule is CC(C)OC(=O)[C@H](C)N[P@@](=O)(OC[C@H]1O[C@@H](n2cnc3c(N)nc(N)nc32)C(Cl)(Cl)[C@@H]1O)Oc1ccccc1. The van der Waals surface area contributed by atoms with Gasteiger partial charge in [-0.15, -0.1) is 0 Å². The summed E-state index contributed by atoms with van der Waals surface area (Å²) < 4.78 is 35.5. The highest BCUT2D eigenvalue weighted by atomic mass is 35.5. The molecule has 0 amide bonds. The fourth-order valence-electron chi connectivity index (χ4n) is 3.74. The molecule has 0 aliphatic carbocycles. The van der Waals surface area contributed by atoms with E-state index >= 15 is 0 Å². The number of esters is 1. The van der Waals surface area contributed by atoms with Crippen LogP contribution in [0.5, 0.6) is 5.75 Å². The summed E-state index contributed by atoms with van der Waals surface area (Å²) in [6.07, 6.45) is -3.06. The maximum absolute atomic E-state index is 13.7. The Morgan fingerprint density at radius 1 is 1.26 bits per heavy atom. The molecule has 5 atom stereocenters. The Hall–Kier alpha value is -2.71. The van der Waals surface area contributed by atoms with Crippen LogP contribution >= 0.6 is 30.9 Å². The van der Waals surface area contributed by atoms with E-state index in [2.05, 4.69) is 20.0 Å². The average molecular weight is 604 g/mol. The summed E-state index contributed by atoms with van der Waals surface area (Å²) >= 11 is 13.0. The molecule has 0 bridgehead atoms. The molecule has 1 saturated heterocycles. The van der Waals surface area contributed by atoms with Crippen LogP contribution in [0.4, 0.5) is 11.8 Å². The standard InChI is InChI=1S/C22H28Cl2N7O7P/c1-11(2)36-19(33)12(3)30-39(34,38-13-7-5-4-6-8-13)35-9-14-16(32)22(23,24)20(37-14)31-10-27-15-17(25)28-21(26)29-18(15)31/h4-8,10-12,14,16,20,32H,9H2,1-3H3,(H,30,34)(H4,25,26,28,29)/t12-,14+,16+,20+,39+/m0/s1. The highest BCUT2D eigenvalue weighted by Gasteiger charge is 2.56. The van der Waals surface area contributed by atoms with Crippen LogP contribution in [0.2, 0.25) is 0 Å². The average Bonchev–Trinajstić information content (AvgIpc) is 3.36. The van der Waals surface area contributed by atoms with Crippen molar-refractivity contribution >= 4 is 59.8 Å². The van der Waals surface area contributed by atoms with Gasteiger partial charge in [-0.2, -0.15) is 15.1 Å². The van der Waals surface area contributed by atoms with E-state index in [1.165, 1.54) is 17.8 Å². The number of halogens is 2. The number of carbonyl (C=O) groups excluding carboxylic acids is 1. The van der Waals surface area contributed by atoms with E-state index in [-0.39, 0.29) is 28.7 Å². The summed E-state index contributed by atoms with van der Waals surface area (Å²) in [5.74, 6) is -0.562. The number of carbonyl (C=O) groups is 1. The monoisotopic (exact) mass is 603 g/mol. The maximum Gasteiger partial charge on any atom is 0.459 e. The van der Waals surface area contributed by atoms with Gasteiger partial charge in [-0.05, 0) is 32.9 Å². The summed E-state index contributed by atoms with van der Waals surface area (Å²) in [6, 6.07) is 7.10. The van der Waals surface area contributed by atoms with E-state index in [0.29, 0.717) is 0 Å². The van der Waals surface area contributed by atoms with E-state index in [1.54, 1.807) is 44.2 Å². The molecule has 0 saturated carbocycles. The molecule has 0 unspecified atom stereocenters. The van der Waals surface area contributed by atoms with Gasteiger partial charge in [0.05, 0.1) is 19.0 Å². The number of aliphatic hydroxyl groups excluding tert-OH is 1. The van der Waals surface area contributed by atoms with Crippen LogP contribution in [0.3, 0.4) is 0 Å². The summed E-state index contributed by atoms with van der Waals surface area (Å²) in [5.41, 5.74) is 12.0. The molecular formula is C22H28Cl2N7O7P. The fourth-order valence-corrected chi connectivity index (χ4v) is 5.84. The lowest BCUT2D eigenvalue weighted by atomic mass is 10.2. The minimum atomic E-state index is -4.25. The van der Waals surface area contributed by atoms with E-state index in [0.717, 1.165) is 0 Å². The number of ether oxygens (including phenoxy) is 2. The Kier molecular flexibility index (Phi) is 8.57. The van der Waals surface area contributed by atoms with Crippen LogP contribution in [0.25, 0.3) is 11.2 Å². The minimum Gasteiger partial charge on any atom is -0.462 e. The molecule has 6 N–H and O–H groups in total. The van der Waals surface area contributed by atoms with Gasteiger partial charge >= 0.3 is 13.7 Å². The quantitative estimate of drug-likeness (QED) is 0.150. The predicted octanol–water partition coefficient (Wildman–Crippen LogP) is 2.56. The summed E-state index contributed by atoms with van der Waals surface area (Å²) in [6.45, 7) is 4.30.